The molecule has 2 aromatic heterocycles. The third kappa shape index (κ3) is 6.23. The number of fused-ring (bicyclic) bond motifs is 1. The molecule has 3 heterocycles. The first-order chi connectivity index (χ1) is 15.7. The Morgan fingerprint density at radius 1 is 0.969 bits per heavy atom. The predicted molar refractivity (Wildman–Crippen MR) is 125 cm³/mol. The third-order valence-electron chi connectivity index (χ3n) is 5.74. The summed E-state index contributed by atoms with van der Waals surface area (Å²) in [6.07, 6.45) is 4.19. The molecule has 0 radical (unpaired) electrons. The predicted octanol–water partition coefficient (Wildman–Crippen LogP) is 1.05. The van der Waals surface area contributed by atoms with E-state index in [1.165, 1.54) is 6.07 Å². The van der Waals surface area contributed by atoms with Crippen molar-refractivity contribution in [3.63, 3.8) is 0 Å². The van der Waals surface area contributed by atoms with Gasteiger partial charge in [0, 0.05) is 50.2 Å². The van der Waals surface area contributed by atoms with Gasteiger partial charge in [0.1, 0.15) is 5.58 Å². The minimum atomic E-state index is -0.340. The quantitative estimate of drug-likeness (QED) is 0.521. The Balaban J connectivity index is 1.42. The Bertz CT molecular complexity index is 1050. The summed E-state index contributed by atoms with van der Waals surface area (Å²) in [6.45, 7) is 10.7. The van der Waals surface area contributed by atoms with E-state index in [1.807, 2.05) is 31.3 Å². The molecule has 3 N–H and O–H groups in total. The van der Waals surface area contributed by atoms with Crippen LogP contribution in [0.2, 0.25) is 0 Å². The molecule has 3 aromatic rings. The van der Waals surface area contributed by atoms with E-state index in [0.717, 1.165) is 94.1 Å². The van der Waals surface area contributed by atoms with Gasteiger partial charge in [-0.15, -0.1) is 5.10 Å². The molecule has 0 atom stereocenters. The molecule has 172 valence electrons. The molecule has 9 heteroatoms. The van der Waals surface area contributed by atoms with E-state index in [0.29, 0.717) is 5.58 Å². The van der Waals surface area contributed by atoms with Gasteiger partial charge in [0.15, 0.2) is 0 Å². The second-order valence-electron chi connectivity index (χ2n) is 8.32. The molecular formula is C23H33N7O2. The standard InChI is InChI=1S/C23H33N7O2/c1-18-14-23(31)32-22-15-20(4-5-21(18)22)30-17-19(27-28-30)16-29-12-3-8-25-10-9-24-6-2-7-26-11-13-29/h4-5,14-15,17,24-26H,2-3,6-13,16H2,1H3. The van der Waals surface area contributed by atoms with Crippen LogP contribution in [0, 0.1) is 6.92 Å². The highest BCUT2D eigenvalue weighted by molar-refractivity contribution is 5.81. The summed E-state index contributed by atoms with van der Waals surface area (Å²) in [4.78, 5) is 14.2. The number of benzene rings is 1. The SMILES string of the molecule is Cc1cc(=O)oc2cc(-n3cc(CN4CCCNCCNCCCNCC4)nn3)ccc12. The molecule has 0 bridgehead atoms. The zero-order chi connectivity index (χ0) is 22.2. The summed E-state index contributed by atoms with van der Waals surface area (Å²) in [7, 11) is 0. The van der Waals surface area contributed by atoms with Gasteiger partial charge in [0.05, 0.1) is 17.6 Å². The van der Waals surface area contributed by atoms with Gasteiger partial charge in [-0.1, -0.05) is 5.21 Å². The van der Waals surface area contributed by atoms with Crippen LogP contribution in [0.25, 0.3) is 16.7 Å². The monoisotopic (exact) mass is 439 g/mol. The number of aromatic nitrogens is 3. The van der Waals surface area contributed by atoms with Crippen LogP contribution in [0.4, 0.5) is 0 Å². The van der Waals surface area contributed by atoms with Crippen molar-refractivity contribution in [2.24, 2.45) is 0 Å². The second kappa shape index (κ2) is 11.3. The molecule has 0 aliphatic carbocycles. The summed E-state index contributed by atoms with van der Waals surface area (Å²) in [6, 6.07) is 7.28. The van der Waals surface area contributed by atoms with Crippen molar-refractivity contribution in [1.29, 1.82) is 0 Å². The van der Waals surface area contributed by atoms with Gasteiger partial charge < -0.3 is 20.4 Å². The van der Waals surface area contributed by atoms with Crippen LogP contribution in [-0.4, -0.2) is 72.3 Å². The highest BCUT2D eigenvalue weighted by Crippen LogP contribution is 2.20. The van der Waals surface area contributed by atoms with E-state index in [-0.39, 0.29) is 5.63 Å². The highest BCUT2D eigenvalue weighted by atomic mass is 16.4. The van der Waals surface area contributed by atoms with Gasteiger partial charge in [0.25, 0.3) is 0 Å². The maximum absolute atomic E-state index is 11.7. The van der Waals surface area contributed by atoms with Gasteiger partial charge in [-0.3, -0.25) is 4.90 Å². The Kier molecular flexibility index (Phi) is 8.00. The normalized spacial score (nSPS) is 17.9. The number of hydrogen-bond acceptors (Lipinski definition) is 8. The summed E-state index contributed by atoms with van der Waals surface area (Å²) in [5.41, 5.74) is 2.88. The lowest BCUT2D eigenvalue weighted by molar-refractivity contribution is 0.257. The molecule has 0 saturated carbocycles. The molecule has 32 heavy (non-hydrogen) atoms. The van der Waals surface area contributed by atoms with E-state index >= 15 is 0 Å². The van der Waals surface area contributed by atoms with Crippen LogP contribution < -0.4 is 21.6 Å². The zero-order valence-electron chi connectivity index (χ0n) is 18.8. The van der Waals surface area contributed by atoms with Crippen LogP contribution in [0.15, 0.2) is 39.7 Å². The average Bonchev–Trinajstić information content (AvgIpc) is 3.24. The zero-order valence-corrected chi connectivity index (χ0v) is 18.8. The van der Waals surface area contributed by atoms with Crippen LogP contribution in [0.1, 0.15) is 24.1 Å². The van der Waals surface area contributed by atoms with Crippen molar-refractivity contribution in [3.8, 4) is 5.69 Å². The summed E-state index contributed by atoms with van der Waals surface area (Å²) in [5.74, 6) is 0. The Morgan fingerprint density at radius 3 is 2.59 bits per heavy atom. The fraction of sp³-hybridized carbons (Fsp3) is 0.522. The van der Waals surface area contributed by atoms with Gasteiger partial charge in [-0.05, 0) is 63.6 Å². The second-order valence-corrected chi connectivity index (χ2v) is 8.32. The number of nitrogens with one attached hydrogen (secondary N) is 3. The third-order valence-corrected chi connectivity index (χ3v) is 5.74. The number of hydrogen-bond donors (Lipinski definition) is 3. The maximum Gasteiger partial charge on any atom is 0.336 e. The van der Waals surface area contributed by atoms with Gasteiger partial charge in [0.2, 0.25) is 0 Å². The van der Waals surface area contributed by atoms with Crippen molar-refractivity contribution in [3.05, 3.63) is 52.1 Å². The van der Waals surface area contributed by atoms with Gasteiger partial charge >= 0.3 is 5.63 Å². The molecule has 0 amide bonds. The molecule has 1 aliphatic rings. The Hall–Kier alpha value is -2.59. The van der Waals surface area contributed by atoms with Crippen LogP contribution in [-0.2, 0) is 6.54 Å². The average molecular weight is 440 g/mol. The van der Waals surface area contributed by atoms with Crippen LogP contribution in [0.5, 0.6) is 0 Å². The van der Waals surface area contributed by atoms with Crippen LogP contribution in [0.3, 0.4) is 0 Å². The van der Waals surface area contributed by atoms with E-state index < -0.39 is 0 Å². The Morgan fingerprint density at radius 2 is 1.75 bits per heavy atom. The van der Waals surface area contributed by atoms with E-state index in [1.54, 1.807) is 4.68 Å². The van der Waals surface area contributed by atoms with Crippen molar-refractivity contribution in [2.75, 3.05) is 52.4 Å². The fourth-order valence-corrected chi connectivity index (χ4v) is 4.01. The topological polar surface area (TPSA) is 100 Å². The van der Waals surface area contributed by atoms with Crippen molar-refractivity contribution < 1.29 is 4.42 Å². The summed E-state index contributed by atoms with van der Waals surface area (Å²) < 4.78 is 7.12. The summed E-state index contributed by atoms with van der Waals surface area (Å²) in [5, 5.41) is 20.1. The van der Waals surface area contributed by atoms with Gasteiger partial charge in [-0.2, -0.15) is 0 Å². The smallest absolute Gasteiger partial charge is 0.336 e. The molecule has 1 aromatic carbocycles. The van der Waals surface area contributed by atoms with Crippen LogP contribution >= 0.6 is 0 Å². The number of rotatable bonds is 3. The Labute approximate surface area is 188 Å². The first-order valence-corrected chi connectivity index (χ1v) is 11.5. The molecule has 0 unspecified atom stereocenters. The molecular weight excluding hydrogens is 406 g/mol. The largest absolute Gasteiger partial charge is 0.423 e. The minimum Gasteiger partial charge on any atom is -0.423 e. The van der Waals surface area contributed by atoms with Gasteiger partial charge in [-0.25, -0.2) is 9.48 Å². The molecule has 1 aliphatic heterocycles. The van der Waals surface area contributed by atoms with Crippen molar-refractivity contribution >= 4 is 11.0 Å². The minimum absolute atomic E-state index is 0.340. The molecule has 4 rings (SSSR count). The van der Waals surface area contributed by atoms with Crippen molar-refractivity contribution in [2.45, 2.75) is 26.3 Å². The lowest BCUT2D eigenvalue weighted by Crippen LogP contribution is -2.36. The molecule has 9 nitrogen and oxygen atoms in total. The fourth-order valence-electron chi connectivity index (χ4n) is 4.01. The van der Waals surface area contributed by atoms with Crippen molar-refractivity contribution in [1.82, 2.24) is 35.8 Å². The summed E-state index contributed by atoms with van der Waals surface area (Å²) >= 11 is 0. The number of nitrogens with zero attached hydrogens (tertiary/aromatic N) is 4. The lowest BCUT2D eigenvalue weighted by Gasteiger charge is -2.22. The molecule has 1 fully saturated rings. The van der Waals surface area contributed by atoms with E-state index in [2.05, 4.69) is 31.2 Å². The van der Waals surface area contributed by atoms with E-state index in [9.17, 15) is 4.79 Å². The first kappa shape index (κ1) is 22.6. The maximum atomic E-state index is 11.7. The first-order valence-electron chi connectivity index (χ1n) is 11.5. The van der Waals surface area contributed by atoms with E-state index in [4.69, 9.17) is 4.42 Å². The highest BCUT2D eigenvalue weighted by Gasteiger charge is 2.11. The molecule has 0 spiro atoms. The number of aryl methyl sites for hydroxylation is 1. The molecule has 1 saturated heterocycles. The lowest BCUT2D eigenvalue weighted by atomic mass is 10.1.